The van der Waals surface area contributed by atoms with Crippen LogP contribution in [0.3, 0.4) is 0 Å². The van der Waals surface area contributed by atoms with Gasteiger partial charge in [0.15, 0.2) is 5.22 Å². The number of carbonyl (C=O) groups is 1. The van der Waals surface area contributed by atoms with Crippen molar-refractivity contribution in [3.8, 4) is 16.9 Å². The topological polar surface area (TPSA) is 74.7 Å². The lowest BCUT2D eigenvalue weighted by molar-refractivity contribution is -0.142. The van der Waals surface area contributed by atoms with E-state index in [2.05, 4.69) is 12.1 Å². The third kappa shape index (κ3) is 4.96. The Morgan fingerprint density at radius 2 is 1.88 bits per heavy atom. The molecule has 0 saturated carbocycles. The molecule has 1 heterocycles. The number of para-hydroxylation sites is 1. The summed E-state index contributed by atoms with van der Waals surface area (Å²) in [6, 6.07) is 21.4. The zero-order valence-electron chi connectivity index (χ0n) is 17.8. The monoisotopic (exact) mass is 449 g/mol. The number of carbonyl (C=O) groups excluding carboxylic acids is 1. The first kappa shape index (κ1) is 21.9. The van der Waals surface area contributed by atoms with Crippen LogP contribution < -0.4 is 10.5 Å². The molecule has 0 fully saturated rings. The van der Waals surface area contributed by atoms with Crippen LogP contribution in [0.4, 0.5) is 0 Å². The summed E-state index contributed by atoms with van der Waals surface area (Å²) in [4.78, 5) is 11.9. The fraction of sp³-hybridized carbons (Fsp3) is 0.192. The second-order valence-corrected chi connectivity index (χ2v) is 7.76. The quantitative estimate of drug-likeness (QED) is 0.339. The van der Waals surface area contributed by atoms with E-state index in [0.29, 0.717) is 36.3 Å². The molecule has 0 aliphatic carbocycles. The maximum absolute atomic E-state index is 11.9. The van der Waals surface area contributed by atoms with Gasteiger partial charge in [0.1, 0.15) is 17.9 Å². The third-order valence-electron chi connectivity index (χ3n) is 5.15. The molecule has 4 rings (SSSR count). The van der Waals surface area contributed by atoms with E-state index in [1.165, 1.54) is 0 Å². The van der Waals surface area contributed by atoms with Crippen LogP contribution in [-0.2, 0) is 29.1 Å². The summed E-state index contributed by atoms with van der Waals surface area (Å²) in [6.07, 6.45) is 0.161. The van der Waals surface area contributed by atoms with Crippen LogP contribution in [0.5, 0.6) is 5.75 Å². The maximum Gasteiger partial charge on any atom is 0.310 e. The van der Waals surface area contributed by atoms with Crippen molar-refractivity contribution in [1.29, 1.82) is 0 Å². The first-order chi connectivity index (χ1) is 15.6. The minimum Gasteiger partial charge on any atom is -0.489 e. The summed E-state index contributed by atoms with van der Waals surface area (Å²) in [5, 5.41) is 1.25. The largest absolute Gasteiger partial charge is 0.489 e. The zero-order valence-corrected chi connectivity index (χ0v) is 18.5. The Kier molecular flexibility index (Phi) is 6.78. The molecule has 32 heavy (non-hydrogen) atoms. The number of furan rings is 1. The van der Waals surface area contributed by atoms with Crippen molar-refractivity contribution in [2.75, 3.05) is 6.61 Å². The summed E-state index contributed by atoms with van der Waals surface area (Å²) < 4.78 is 16.9. The van der Waals surface area contributed by atoms with Crippen LogP contribution in [0.1, 0.15) is 23.6 Å². The van der Waals surface area contributed by atoms with Gasteiger partial charge in [-0.15, -0.1) is 0 Å². The second kappa shape index (κ2) is 9.90. The van der Waals surface area contributed by atoms with Gasteiger partial charge in [-0.1, -0.05) is 36.4 Å². The number of halogens is 1. The van der Waals surface area contributed by atoms with Gasteiger partial charge >= 0.3 is 5.97 Å². The number of ether oxygens (including phenoxy) is 2. The molecule has 0 aliphatic heterocycles. The molecule has 0 bridgehead atoms. The maximum atomic E-state index is 11.9. The molecule has 0 atom stereocenters. The molecular weight excluding hydrogens is 426 g/mol. The number of hydrogen-bond acceptors (Lipinski definition) is 5. The highest BCUT2D eigenvalue weighted by atomic mass is 35.5. The summed E-state index contributed by atoms with van der Waals surface area (Å²) in [5.74, 6) is 0.363. The predicted octanol–water partition coefficient (Wildman–Crippen LogP) is 5.90. The Balaban J connectivity index is 1.64. The summed E-state index contributed by atoms with van der Waals surface area (Å²) >= 11 is 6.16. The third-order valence-corrected chi connectivity index (χ3v) is 5.33. The molecule has 1 aromatic heterocycles. The van der Waals surface area contributed by atoms with Crippen molar-refractivity contribution in [3.05, 3.63) is 88.6 Å². The van der Waals surface area contributed by atoms with Crippen molar-refractivity contribution in [3.63, 3.8) is 0 Å². The average molecular weight is 450 g/mol. The van der Waals surface area contributed by atoms with Crippen molar-refractivity contribution < 1.29 is 18.7 Å². The Morgan fingerprint density at radius 1 is 1.03 bits per heavy atom. The Labute approximate surface area is 191 Å². The SMILES string of the molecule is CCOC(=O)Cc1ccccc1OCc1cc(-c2cccc(CN)c2)c2cc(Cl)oc2c1. The van der Waals surface area contributed by atoms with Crippen molar-refractivity contribution in [2.24, 2.45) is 5.73 Å². The minimum atomic E-state index is -0.280. The summed E-state index contributed by atoms with van der Waals surface area (Å²) in [6.45, 7) is 2.90. The number of nitrogens with two attached hydrogens (primary N) is 1. The van der Waals surface area contributed by atoms with Gasteiger partial charge < -0.3 is 19.6 Å². The van der Waals surface area contributed by atoms with E-state index in [9.17, 15) is 4.79 Å². The van der Waals surface area contributed by atoms with Gasteiger partial charge in [0.2, 0.25) is 0 Å². The lowest BCUT2D eigenvalue weighted by Crippen LogP contribution is -2.09. The minimum absolute atomic E-state index is 0.161. The van der Waals surface area contributed by atoms with E-state index < -0.39 is 0 Å². The molecule has 3 aromatic carbocycles. The smallest absolute Gasteiger partial charge is 0.310 e. The number of rotatable bonds is 8. The van der Waals surface area contributed by atoms with Crippen molar-refractivity contribution in [2.45, 2.75) is 26.5 Å². The van der Waals surface area contributed by atoms with E-state index in [1.54, 1.807) is 6.92 Å². The van der Waals surface area contributed by atoms with Gasteiger partial charge in [0, 0.05) is 23.6 Å². The van der Waals surface area contributed by atoms with E-state index in [4.69, 9.17) is 31.2 Å². The first-order valence-electron chi connectivity index (χ1n) is 10.4. The first-order valence-corrected chi connectivity index (χ1v) is 10.8. The molecule has 6 heteroatoms. The second-order valence-electron chi connectivity index (χ2n) is 7.39. The van der Waals surface area contributed by atoms with E-state index in [-0.39, 0.29) is 12.4 Å². The van der Waals surface area contributed by atoms with E-state index in [1.807, 2.05) is 54.6 Å². The predicted molar refractivity (Wildman–Crippen MR) is 126 cm³/mol. The lowest BCUT2D eigenvalue weighted by atomic mass is 9.98. The van der Waals surface area contributed by atoms with Crippen LogP contribution in [0, 0.1) is 0 Å². The molecule has 0 amide bonds. The van der Waals surface area contributed by atoms with Gasteiger partial charge in [0.05, 0.1) is 13.0 Å². The lowest BCUT2D eigenvalue weighted by Gasteiger charge is -2.13. The van der Waals surface area contributed by atoms with Crippen molar-refractivity contribution in [1.82, 2.24) is 0 Å². The van der Waals surface area contributed by atoms with Crippen LogP contribution in [-0.4, -0.2) is 12.6 Å². The molecule has 0 radical (unpaired) electrons. The van der Waals surface area contributed by atoms with Gasteiger partial charge in [-0.3, -0.25) is 4.79 Å². The van der Waals surface area contributed by atoms with Gasteiger partial charge in [-0.05, 0) is 65.0 Å². The Hall–Kier alpha value is -3.28. The normalized spacial score (nSPS) is 11.0. The molecule has 164 valence electrons. The van der Waals surface area contributed by atoms with Crippen LogP contribution in [0.2, 0.25) is 5.22 Å². The van der Waals surface area contributed by atoms with E-state index in [0.717, 1.165) is 33.2 Å². The highest BCUT2D eigenvalue weighted by Crippen LogP contribution is 2.35. The number of hydrogen-bond donors (Lipinski definition) is 1. The van der Waals surface area contributed by atoms with E-state index >= 15 is 0 Å². The number of esters is 1. The molecule has 2 N–H and O–H groups in total. The molecule has 4 aromatic rings. The Morgan fingerprint density at radius 3 is 2.69 bits per heavy atom. The van der Waals surface area contributed by atoms with Crippen molar-refractivity contribution >= 4 is 28.5 Å². The highest BCUT2D eigenvalue weighted by molar-refractivity contribution is 6.30. The summed E-state index contributed by atoms with van der Waals surface area (Å²) in [7, 11) is 0. The fourth-order valence-corrected chi connectivity index (χ4v) is 3.86. The fourth-order valence-electron chi connectivity index (χ4n) is 3.67. The molecule has 0 unspecified atom stereocenters. The summed E-state index contributed by atoms with van der Waals surface area (Å²) in [5.41, 5.74) is 11.3. The molecular formula is C26H24ClNO4. The highest BCUT2D eigenvalue weighted by Gasteiger charge is 2.14. The van der Waals surface area contributed by atoms with Gasteiger partial charge in [0.25, 0.3) is 0 Å². The number of fused-ring (bicyclic) bond motifs is 1. The van der Waals surface area contributed by atoms with Crippen LogP contribution in [0.15, 0.2) is 71.1 Å². The average Bonchev–Trinajstić information content (AvgIpc) is 3.18. The molecule has 0 spiro atoms. The molecule has 0 aliphatic rings. The van der Waals surface area contributed by atoms with Crippen LogP contribution >= 0.6 is 11.6 Å². The zero-order chi connectivity index (χ0) is 22.5. The van der Waals surface area contributed by atoms with Gasteiger partial charge in [-0.25, -0.2) is 0 Å². The standard InChI is InChI=1S/C26H24ClNO4/c1-2-30-26(29)13-20-7-3-4-9-23(20)31-16-18-11-21(19-8-5-6-17(10-19)15-28)22-14-25(27)32-24(22)12-18/h3-12,14H,2,13,15-16,28H2,1H3. The Bertz CT molecular complexity index is 1250. The van der Waals surface area contributed by atoms with Crippen LogP contribution in [0.25, 0.3) is 22.1 Å². The number of benzene rings is 3. The molecule has 5 nitrogen and oxygen atoms in total. The van der Waals surface area contributed by atoms with Gasteiger partial charge in [-0.2, -0.15) is 0 Å². The molecule has 0 saturated heterocycles.